The van der Waals surface area contributed by atoms with E-state index in [9.17, 15) is 4.79 Å². The van der Waals surface area contributed by atoms with Gasteiger partial charge in [-0.25, -0.2) is 9.97 Å². The van der Waals surface area contributed by atoms with Gasteiger partial charge in [0, 0.05) is 35.8 Å². The van der Waals surface area contributed by atoms with Crippen molar-refractivity contribution in [3.63, 3.8) is 0 Å². The quantitative estimate of drug-likeness (QED) is 0.910. The fraction of sp³-hybridized carbons (Fsp3) is 0.579. The van der Waals surface area contributed by atoms with Gasteiger partial charge in [0.2, 0.25) is 5.91 Å². The zero-order chi connectivity index (χ0) is 18.2. The highest BCUT2D eigenvalue weighted by Crippen LogP contribution is 2.30. The molecule has 2 aromatic rings. The molecule has 6 nitrogen and oxygen atoms in total. The predicted octanol–water partition coefficient (Wildman–Crippen LogP) is 3.24. The molecule has 1 amide bonds. The molecular weight excluding hydrogens is 314 g/mol. The van der Waals surface area contributed by atoms with Gasteiger partial charge in [0.25, 0.3) is 0 Å². The molecule has 3 rings (SSSR count). The Bertz CT molecular complexity index is 774. The van der Waals surface area contributed by atoms with Gasteiger partial charge in [-0.15, -0.1) is 0 Å². The molecule has 1 aliphatic rings. The molecule has 2 aromatic heterocycles. The molecule has 1 fully saturated rings. The topological polar surface area (TPSA) is 74.8 Å². The maximum Gasteiger partial charge on any atom is 0.227 e. The number of nitrogens with one attached hydrogen (secondary N) is 1. The maximum atomic E-state index is 12.6. The molecule has 0 radical (unpaired) electrons. The molecule has 1 atom stereocenters. The minimum atomic E-state index is -0.346. The highest BCUT2D eigenvalue weighted by atomic mass is 16.2. The lowest BCUT2D eigenvalue weighted by Crippen LogP contribution is -2.44. The number of carbonyl (C=O) groups excluding carboxylic acids is 1. The first-order chi connectivity index (χ1) is 11.7. The van der Waals surface area contributed by atoms with Crippen molar-refractivity contribution in [1.29, 1.82) is 0 Å². The Morgan fingerprint density at radius 3 is 2.60 bits per heavy atom. The van der Waals surface area contributed by atoms with Crippen LogP contribution in [0.4, 0.5) is 0 Å². The van der Waals surface area contributed by atoms with Crippen LogP contribution in [0.2, 0.25) is 0 Å². The molecule has 134 valence electrons. The van der Waals surface area contributed by atoms with E-state index in [0.717, 1.165) is 54.5 Å². The van der Waals surface area contributed by atoms with E-state index >= 15 is 0 Å². The average molecular weight is 341 g/mol. The molecule has 0 spiro atoms. The number of H-pyrrole nitrogens is 1. The summed E-state index contributed by atoms with van der Waals surface area (Å²) in [6.45, 7) is 11.4. The summed E-state index contributed by atoms with van der Waals surface area (Å²) in [6.07, 6.45) is 2.05. The molecule has 25 heavy (non-hydrogen) atoms. The molecular formula is C19H27N5O. The van der Waals surface area contributed by atoms with Gasteiger partial charge >= 0.3 is 0 Å². The summed E-state index contributed by atoms with van der Waals surface area (Å²) in [7, 11) is 0. The third kappa shape index (κ3) is 3.89. The van der Waals surface area contributed by atoms with Crippen LogP contribution in [0.15, 0.2) is 12.1 Å². The Balaban J connectivity index is 1.86. The molecule has 0 aliphatic carbocycles. The number of rotatable bonds is 2. The van der Waals surface area contributed by atoms with Crippen LogP contribution in [-0.4, -0.2) is 44.1 Å². The highest BCUT2D eigenvalue weighted by Gasteiger charge is 2.32. The number of piperidine rings is 1. The van der Waals surface area contributed by atoms with E-state index in [1.54, 1.807) is 0 Å². The van der Waals surface area contributed by atoms with E-state index in [1.165, 1.54) is 0 Å². The summed E-state index contributed by atoms with van der Waals surface area (Å²) in [5, 5.41) is 7.27. The molecule has 0 unspecified atom stereocenters. The van der Waals surface area contributed by atoms with Gasteiger partial charge in [-0.2, -0.15) is 5.10 Å². The minimum Gasteiger partial charge on any atom is -0.342 e. The Kier molecular flexibility index (Phi) is 4.62. The van der Waals surface area contributed by atoms with Crippen molar-refractivity contribution in [1.82, 2.24) is 25.1 Å². The summed E-state index contributed by atoms with van der Waals surface area (Å²) >= 11 is 0. The molecule has 1 aliphatic heterocycles. The van der Waals surface area contributed by atoms with Gasteiger partial charge in [-0.3, -0.25) is 9.89 Å². The number of carbonyl (C=O) groups is 1. The number of hydrogen-bond acceptors (Lipinski definition) is 4. The number of likely N-dealkylation sites (tertiary alicyclic amines) is 1. The Hall–Kier alpha value is -2.24. The van der Waals surface area contributed by atoms with E-state index in [0.29, 0.717) is 0 Å². The molecule has 6 heteroatoms. The van der Waals surface area contributed by atoms with Crippen LogP contribution in [0.3, 0.4) is 0 Å². The zero-order valence-corrected chi connectivity index (χ0v) is 15.8. The van der Waals surface area contributed by atoms with Crippen LogP contribution in [0.1, 0.15) is 56.7 Å². The first-order valence-electron chi connectivity index (χ1n) is 8.91. The van der Waals surface area contributed by atoms with Crippen molar-refractivity contribution < 1.29 is 4.79 Å². The minimum absolute atomic E-state index is 0.214. The second kappa shape index (κ2) is 6.58. The maximum absolute atomic E-state index is 12.6. The number of nitrogens with zero attached hydrogens (tertiary/aromatic N) is 4. The molecule has 1 saturated heterocycles. The fourth-order valence-electron chi connectivity index (χ4n) is 3.36. The predicted molar refractivity (Wildman–Crippen MR) is 97.1 cm³/mol. The Morgan fingerprint density at radius 1 is 1.20 bits per heavy atom. The SMILES string of the molecule is Cc1nc(-c2cc(C)[nH]n2)cc([C@H]2CCCN(C(=O)C(C)(C)C)C2)n1. The first kappa shape index (κ1) is 17.6. The van der Waals surface area contributed by atoms with Crippen LogP contribution in [-0.2, 0) is 4.79 Å². The van der Waals surface area contributed by atoms with Crippen molar-refractivity contribution in [2.45, 2.75) is 53.4 Å². The Morgan fingerprint density at radius 2 is 1.96 bits per heavy atom. The summed E-state index contributed by atoms with van der Waals surface area (Å²) in [6, 6.07) is 4.01. The van der Waals surface area contributed by atoms with Gasteiger partial charge < -0.3 is 4.90 Å². The summed E-state index contributed by atoms with van der Waals surface area (Å²) < 4.78 is 0. The number of aromatic nitrogens is 4. The number of aryl methyl sites for hydroxylation is 2. The Labute approximate surface area is 149 Å². The highest BCUT2D eigenvalue weighted by molar-refractivity contribution is 5.81. The molecule has 0 bridgehead atoms. The van der Waals surface area contributed by atoms with E-state index < -0.39 is 0 Å². The van der Waals surface area contributed by atoms with Crippen LogP contribution in [0, 0.1) is 19.3 Å². The van der Waals surface area contributed by atoms with Gasteiger partial charge in [-0.05, 0) is 38.8 Å². The lowest BCUT2D eigenvalue weighted by molar-refractivity contribution is -0.140. The lowest BCUT2D eigenvalue weighted by Gasteiger charge is -2.36. The molecule has 0 aromatic carbocycles. The van der Waals surface area contributed by atoms with Gasteiger partial charge in [0.05, 0.1) is 5.69 Å². The standard InChI is InChI=1S/C19H27N5O/c1-12-9-17(23-22-12)16-10-15(20-13(2)21-16)14-7-6-8-24(11-14)18(25)19(3,4)5/h9-10,14H,6-8,11H2,1-5H3,(H,22,23)/t14-/m0/s1. The first-order valence-corrected chi connectivity index (χ1v) is 8.91. The number of aromatic amines is 1. The second-order valence-corrected chi connectivity index (χ2v) is 8.00. The van der Waals surface area contributed by atoms with Crippen molar-refractivity contribution >= 4 is 5.91 Å². The summed E-state index contributed by atoms with van der Waals surface area (Å²) in [5.74, 6) is 1.21. The zero-order valence-electron chi connectivity index (χ0n) is 15.8. The van der Waals surface area contributed by atoms with Crippen molar-refractivity contribution in [3.8, 4) is 11.4 Å². The fourth-order valence-corrected chi connectivity index (χ4v) is 3.36. The third-order valence-corrected chi connectivity index (χ3v) is 4.59. The monoisotopic (exact) mass is 341 g/mol. The average Bonchev–Trinajstić information content (AvgIpc) is 2.99. The van der Waals surface area contributed by atoms with Crippen LogP contribution < -0.4 is 0 Å². The van der Waals surface area contributed by atoms with Gasteiger partial charge in [0.15, 0.2) is 0 Å². The van der Waals surface area contributed by atoms with Crippen LogP contribution >= 0.6 is 0 Å². The van der Waals surface area contributed by atoms with E-state index in [2.05, 4.69) is 20.2 Å². The third-order valence-electron chi connectivity index (χ3n) is 4.59. The van der Waals surface area contributed by atoms with Gasteiger partial charge in [0.1, 0.15) is 11.5 Å². The number of hydrogen-bond donors (Lipinski definition) is 1. The number of amides is 1. The molecule has 1 N–H and O–H groups in total. The summed E-state index contributed by atoms with van der Waals surface area (Å²) in [4.78, 5) is 23.8. The van der Waals surface area contributed by atoms with Crippen molar-refractivity contribution in [3.05, 3.63) is 29.3 Å². The van der Waals surface area contributed by atoms with E-state index in [4.69, 9.17) is 0 Å². The normalized spacial score (nSPS) is 18.4. The van der Waals surface area contributed by atoms with Crippen LogP contribution in [0.5, 0.6) is 0 Å². The second-order valence-electron chi connectivity index (χ2n) is 8.00. The summed E-state index contributed by atoms with van der Waals surface area (Å²) in [5.41, 5.74) is 3.34. The van der Waals surface area contributed by atoms with Crippen molar-refractivity contribution in [2.24, 2.45) is 5.41 Å². The lowest BCUT2D eigenvalue weighted by atomic mass is 9.89. The smallest absolute Gasteiger partial charge is 0.227 e. The largest absolute Gasteiger partial charge is 0.342 e. The molecule has 0 saturated carbocycles. The van der Waals surface area contributed by atoms with Crippen LogP contribution in [0.25, 0.3) is 11.4 Å². The van der Waals surface area contributed by atoms with E-state index in [1.807, 2.05) is 51.7 Å². The van der Waals surface area contributed by atoms with E-state index in [-0.39, 0.29) is 17.2 Å². The molecule has 3 heterocycles. The van der Waals surface area contributed by atoms with Crippen molar-refractivity contribution in [2.75, 3.05) is 13.1 Å². The van der Waals surface area contributed by atoms with Gasteiger partial charge in [-0.1, -0.05) is 20.8 Å².